The normalized spacial score (nSPS) is 11.1. The molecule has 0 aliphatic carbocycles. The van der Waals surface area contributed by atoms with Crippen molar-refractivity contribution in [3.63, 3.8) is 0 Å². The molecule has 0 aromatic heterocycles. The maximum Gasteiger partial charge on any atom is 0.0625 e. The van der Waals surface area contributed by atoms with Crippen molar-refractivity contribution in [2.45, 2.75) is 0 Å². The van der Waals surface area contributed by atoms with Gasteiger partial charge in [-0.3, -0.25) is 0 Å². The lowest BCUT2D eigenvalue weighted by molar-refractivity contribution is 1.30. The first kappa shape index (κ1) is 26.7. The molecule has 0 aliphatic rings. The molecule has 8 aromatic carbocycles. The minimum Gasteiger partial charge on any atom is -0.309 e. The number of para-hydroxylation sites is 1. The summed E-state index contributed by atoms with van der Waals surface area (Å²) in [5.41, 5.74) is 10.6. The van der Waals surface area contributed by atoms with Gasteiger partial charge in [0.25, 0.3) is 0 Å². The summed E-state index contributed by atoms with van der Waals surface area (Å²) >= 11 is 0. The van der Waals surface area contributed by atoms with Crippen LogP contribution in [0.25, 0.3) is 54.9 Å². The average molecular weight is 574 g/mol. The van der Waals surface area contributed by atoms with Crippen molar-refractivity contribution in [3.05, 3.63) is 188 Å². The first-order valence-electron chi connectivity index (χ1n) is 15.5. The Bertz CT molecular complexity index is 2250. The minimum absolute atomic E-state index is 1.11. The molecular weight excluding hydrogens is 542 g/mol. The van der Waals surface area contributed by atoms with Crippen molar-refractivity contribution in [2.24, 2.45) is 0 Å². The lowest BCUT2D eigenvalue weighted by Crippen LogP contribution is -2.13. The third-order valence-corrected chi connectivity index (χ3v) is 8.63. The van der Waals surface area contributed by atoms with Gasteiger partial charge in [0.2, 0.25) is 0 Å². The molecule has 0 fully saturated rings. The van der Waals surface area contributed by atoms with Gasteiger partial charge in [0.15, 0.2) is 0 Å². The number of fused-ring (bicyclic) bond motifs is 3. The Morgan fingerprint density at radius 1 is 0.311 bits per heavy atom. The Morgan fingerprint density at radius 2 is 0.800 bits per heavy atom. The summed E-state index contributed by atoms with van der Waals surface area (Å²) in [4.78, 5) is 2.49. The lowest BCUT2D eigenvalue weighted by atomic mass is 9.89. The van der Waals surface area contributed by atoms with Gasteiger partial charge in [-0.05, 0) is 56.6 Å². The van der Waals surface area contributed by atoms with Crippen molar-refractivity contribution in [3.8, 4) is 33.4 Å². The van der Waals surface area contributed by atoms with E-state index in [0.717, 1.165) is 11.4 Å². The lowest BCUT2D eigenvalue weighted by Gasteiger charge is -2.32. The molecule has 0 atom stereocenters. The Morgan fingerprint density at radius 3 is 1.49 bits per heavy atom. The van der Waals surface area contributed by atoms with Gasteiger partial charge in [-0.1, -0.05) is 170 Å². The second-order valence-corrected chi connectivity index (χ2v) is 11.3. The predicted molar refractivity (Wildman–Crippen MR) is 192 cm³/mol. The van der Waals surface area contributed by atoms with Crippen LogP contribution < -0.4 is 4.90 Å². The maximum atomic E-state index is 2.49. The first-order valence-corrected chi connectivity index (χ1v) is 15.5. The summed E-state index contributed by atoms with van der Waals surface area (Å²) in [6.07, 6.45) is 0. The molecule has 0 N–H and O–H groups in total. The van der Waals surface area contributed by atoms with E-state index in [-0.39, 0.29) is 0 Å². The number of rotatable bonds is 6. The highest BCUT2D eigenvalue weighted by atomic mass is 15.1. The van der Waals surface area contributed by atoms with E-state index in [9.17, 15) is 0 Å². The van der Waals surface area contributed by atoms with Gasteiger partial charge in [-0.25, -0.2) is 0 Å². The van der Waals surface area contributed by atoms with E-state index in [1.807, 2.05) is 0 Å². The highest BCUT2D eigenvalue weighted by molar-refractivity contribution is 6.22. The molecule has 1 heteroatoms. The monoisotopic (exact) mass is 573 g/mol. The Kier molecular flexibility index (Phi) is 6.90. The van der Waals surface area contributed by atoms with Gasteiger partial charge in [-0.15, -0.1) is 0 Å². The fraction of sp³-hybridized carbons (Fsp3) is 0. The van der Waals surface area contributed by atoms with Crippen LogP contribution in [0.5, 0.6) is 0 Å². The van der Waals surface area contributed by atoms with Crippen LogP contribution in [-0.4, -0.2) is 0 Å². The van der Waals surface area contributed by atoms with Gasteiger partial charge in [0.1, 0.15) is 0 Å². The highest BCUT2D eigenvalue weighted by Crippen LogP contribution is 2.51. The van der Waals surface area contributed by atoms with Gasteiger partial charge >= 0.3 is 0 Å². The molecule has 8 rings (SSSR count). The van der Waals surface area contributed by atoms with E-state index < -0.39 is 0 Å². The van der Waals surface area contributed by atoms with E-state index in [4.69, 9.17) is 0 Å². The van der Waals surface area contributed by atoms with E-state index in [1.165, 1.54) is 60.6 Å². The fourth-order valence-electron chi connectivity index (χ4n) is 6.63. The molecule has 0 amide bonds. The zero-order chi connectivity index (χ0) is 30.0. The third kappa shape index (κ3) is 4.85. The fourth-order valence-corrected chi connectivity index (χ4v) is 6.63. The number of hydrogen-bond acceptors (Lipinski definition) is 1. The largest absolute Gasteiger partial charge is 0.309 e. The number of nitrogens with zero attached hydrogens (tertiary/aromatic N) is 1. The smallest absolute Gasteiger partial charge is 0.0625 e. The Hall–Kier alpha value is -5.92. The molecule has 0 aliphatic heterocycles. The molecular formula is C44H31N. The molecule has 8 aromatic rings. The van der Waals surface area contributed by atoms with E-state index in [0.29, 0.717) is 0 Å². The standard InChI is InChI=1S/C44H31N/c1-4-17-32(18-5-1)35-23-16-24-36(31-35)45(42-30-15-14-25-37(42)33-19-6-2-7-20-33)44-41-29-13-11-27-39(41)38-26-10-12-28-40(38)43(44)34-21-8-3-9-22-34/h1-31H. The second kappa shape index (κ2) is 11.6. The SMILES string of the molecule is c1ccc(-c2cccc(N(c3ccccc3-c3ccccc3)c3c(-c4ccccc4)c4ccccc4c4ccccc34)c2)cc1. The van der Waals surface area contributed by atoms with Crippen molar-refractivity contribution in [2.75, 3.05) is 4.90 Å². The number of anilines is 3. The van der Waals surface area contributed by atoms with E-state index >= 15 is 0 Å². The Balaban J connectivity index is 1.53. The topological polar surface area (TPSA) is 3.24 Å². The molecule has 0 unspecified atom stereocenters. The van der Waals surface area contributed by atoms with E-state index in [2.05, 4.69) is 193 Å². The Labute approximate surface area is 264 Å². The summed E-state index contributed by atoms with van der Waals surface area (Å²) in [6.45, 7) is 0. The predicted octanol–water partition coefficient (Wildman–Crippen LogP) is 12.5. The summed E-state index contributed by atoms with van der Waals surface area (Å²) in [6, 6.07) is 67.7. The average Bonchev–Trinajstić information content (AvgIpc) is 3.13. The van der Waals surface area contributed by atoms with Crippen LogP contribution in [0.15, 0.2) is 188 Å². The van der Waals surface area contributed by atoms with Crippen LogP contribution in [-0.2, 0) is 0 Å². The van der Waals surface area contributed by atoms with E-state index in [1.54, 1.807) is 0 Å². The summed E-state index contributed by atoms with van der Waals surface area (Å²) in [5, 5.41) is 4.94. The first-order chi connectivity index (χ1) is 22.4. The molecule has 0 spiro atoms. The molecule has 0 bridgehead atoms. The molecule has 0 saturated carbocycles. The summed E-state index contributed by atoms with van der Waals surface area (Å²) in [5.74, 6) is 0. The highest BCUT2D eigenvalue weighted by Gasteiger charge is 2.25. The van der Waals surface area contributed by atoms with Gasteiger partial charge in [0, 0.05) is 22.2 Å². The van der Waals surface area contributed by atoms with Gasteiger partial charge in [-0.2, -0.15) is 0 Å². The van der Waals surface area contributed by atoms with Crippen molar-refractivity contribution in [1.82, 2.24) is 0 Å². The van der Waals surface area contributed by atoms with Crippen LogP contribution >= 0.6 is 0 Å². The maximum absolute atomic E-state index is 2.49. The summed E-state index contributed by atoms with van der Waals surface area (Å²) in [7, 11) is 0. The third-order valence-electron chi connectivity index (χ3n) is 8.63. The number of benzene rings is 8. The molecule has 212 valence electrons. The molecule has 0 radical (unpaired) electrons. The van der Waals surface area contributed by atoms with Crippen LogP contribution in [0, 0.1) is 0 Å². The van der Waals surface area contributed by atoms with Crippen molar-refractivity contribution < 1.29 is 0 Å². The molecule has 0 heterocycles. The zero-order valence-electron chi connectivity index (χ0n) is 24.8. The van der Waals surface area contributed by atoms with Crippen LogP contribution in [0.2, 0.25) is 0 Å². The van der Waals surface area contributed by atoms with Crippen LogP contribution in [0.4, 0.5) is 17.1 Å². The minimum atomic E-state index is 1.11. The van der Waals surface area contributed by atoms with Crippen molar-refractivity contribution >= 4 is 38.6 Å². The molecule has 1 nitrogen and oxygen atoms in total. The zero-order valence-corrected chi connectivity index (χ0v) is 24.8. The van der Waals surface area contributed by atoms with Crippen molar-refractivity contribution in [1.29, 1.82) is 0 Å². The summed E-state index contributed by atoms with van der Waals surface area (Å²) < 4.78 is 0. The van der Waals surface area contributed by atoms with Gasteiger partial charge in [0.05, 0.1) is 11.4 Å². The van der Waals surface area contributed by atoms with Crippen LogP contribution in [0.1, 0.15) is 0 Å². The van der Waals surface area contributed by atoms with Crippen LogP contribution in [0.3, 0.4) is 0 Å². The van der Waals surface area contributed by atoms with Gasteiger partial charge < -0.3 is 4.90 Å². The quantitative estimate of drug-likeness (QED) is 0.179. The second-order valence-electron chi connectivity index (χ2n) is 11.3. The number of hydrogen-bond donors (Lipinski definition) is 0. The molecule has 0 saturated heterocycles. The molecule has 45 heavy (non-hydrogen) atoms.